The first-order chi connectivity index (χ1) is 9.63. The number of amides is 1. The molecule has 4 heteroatoms. The lowest BCUT2D eigenvalue weighted by Gasteiger charge is -2.14. The highest BCUT2D eigenvalue weighted by molar-refractivity contribution is 5.99. The molecule has 2 rings (SSSR count). The molecule has 0 fully saturated rings. The molecule has 0 radical (unpaired) electrons. The summed E-state index contributed by atoms with van der Waals surface area (Å²) in [5.74, 6) is -0.277. The Bertz CT molecular complexity index is 624. The number of aryl methyl sites for hydroxylation is 1. The van der Waals surface area contributed by atoms with Gasteiger partial charge in [-0.2, -0.15) is 0 Å². The maximum Gasteiger partial charge on any atom is 0.276 e. The molecule has 1 amide bonds. The topological polar surface area (TPSA) is 50.4 Å². The molecule has 2 aromatic carbocycles. The van der Waals surface area contributed by atoms with Crippen molar-refractivity contribution in [1.29, 1.82) is 0 Å². The minimum Gasteiger partial charge on any atom is -0.355 e. The fourth-order valence-electron chi connectivity index (χ4n) is 1.97. The molecule has 0 aliphatic rings. The molecule has 4 nitrogen and oxygen atoms in total. The summed E-state index contributed by atoms with van der Waals surface area (Å²) in [5, 5.41) is 3.30. The third kappa shape index (κ3) is 2.97. The molecule has 0 spiro atoms. The van der Waals surface area contributed by atoms with Gasteiger partial charge in [0.25, 0.3) is 5.91 Å². The molecule has 0 aliphatic carbocycles. The van der Waals surface area contributed by atoms with E-state index in [2.05, 4.69) is 35.5 Å². The van der Waals surface area contributed by atoms with Crippen LogP contribution in [0.3, 0.4) is 0 Å². The van der Waals surface area contributed by atoms with Crippen LogP contribution in [0.5, 0.6) is 0 Å². The molecular formula is C16H18N2O2. The molecule has 0 aliphatic heterocycles. The summed E-state index contributed by atoms with van der Waals surface area (Å²) in [6.45, 7) is 4.11. The third-order valence-electron chi connectivity index (χ3n) is 3.24. The summed E-state index contributed by atoms with van der Waals surface area (Å²) < 4.78 is 0. The second kappa shape index (κ2) is 6.21. The van der Waals surface area contributed by atoms with Gasteiger partial charge in [-0.25, -0.2) is 5.48 Å². The molecule has 20 heavy (non-hydrogen) atoms. The summed E-state index contributed by atoms with van der Waals surface area (Å²) >= 11 is 0. The Labute approximate surface area is 118 Å². The highest BCUT2D eigenvalue weighted by Crippen LogP contribution is 2.25. The van der Waals surface area contributed by atoms with E-state index in [-0.39, 0.29) is 5.91 Å². The van der Waals surface area contributed by atoms with Crippen LogP contribution in [0, 0.1) is 13.8 Å². The van der Waals surface area contributed by atoms with Crippen LogP contribution in [0.1, 0.15) is 21.5 Å². The first kappa shape index (κ1) is 14.1. The normalized spacial score (nSPS) is 10.2. The summed E-state index contributed by atoms with van der Waals surface area (Å²) in [6.07, 6.45) is 0. The molecule has 0 aromatic heterocycles. The fourth-order valence-corrected chi connectivity index (χ4v) is 1.97. The quantitative estimate of drug-likeness (QED) is 0.838. The van der Waals surface area contributed by atoms with Crippen LogP contribution < -0.4 is 10.8 Å². The molecule has 0 bridgehead atoms. The van der Waals surface area contributed by atoms with Crippen molar-refractivity contribution in [2.45, 2.75) is 13.8 Å². The number of hydrogen-bond acceptors (Lipinski definition) is 3. The SMILES string of the molecule is CONC(=O)c1ccccc1Nc1cccc(C)c1C. The average Bonchev–Trinajstić information content (AvgIpc) is 2.45. The van der Waals surface area contributed by atoms with Crippen LogP contribution in [-0.2, 0) is 4.84 Å². The summed E-state index contributed by atoms with van der Waals surface area (Å²) in [5.41, 5.74) is 6.97. The van der Waals surface area contributed by atoms with Gasteiger partial charge in [-0.05, 0) is 43.2 Å². The Kier molecular flexibility index (Phi) is 4.38. The van der Waals surface area contributed by atoms with Crippen LogP contribution in [0.4, 0.5) is 11.4 Å². The predicted octanol–water partition coefficient (Wildman–Crippen LogP) is 3.34. The zero-order chi connectivity index (χ0) is 14.5. The van der Waals surface area contributed by atoms with Gasteiger partial charge < -0.3 is 5.32 Å². The minimum absolute atomic E-state index is 0.277. The number of anilines is 2. The maximum atomic E-state index is 11.9. The van der Waals surface area contributed by atoms with Gasteiger partial charge in [-0.15, -0.1) is 0 Å². The van der Waals surface area contributed by atoms with Crippen LogP contribution in [0.25, 0.3) is 0 Å². The molecule has 0 heterocycles. The molecule has 2 N–H and O–H groups in total. The van der Waals surface area contributed by atoms with Gasteiger partial charge in [0, 0.05) is 5.69 Å². The second-order valence-corrected chi connectivity index (χ2v) is 4.55. The number of carbonyl (C=O) groups is 1. The maximum absolute atomic E-state index is 11.9. The van der Waals surface area contributed by atoms with E-state index in [4.69, 9.17) is 0 Å². The first-order valence-corrected chi connectivity index (χ1v) is 6.39. The lowest BCUT2D eigenvalue weighted by molar-refractivity contribution is 0.0538. The lowest BCUT2D eigenvalue weighted by Crippen LogP contribution is -2.22. The minimum atomic E-state index is -0.277. The molecule has 104 valence electrons. The highest BCUT2D eigenvalue weighted by Gasteiger charge is 2.11. The first-order valence-electron chi connectivity index (χ1n) is 6.39. The van der Waals surface area contributed by atoms with Crippen molar-refractivity contribution in [1.82, 2.24) is 5.48 Å². The van der Waals surface area contributed by atoms with E-state index in [1.807, 2.05) is 30.3 Å². The van der Waals surface area contributed by atoms with Gasteiger partial charge in [-0.3, -0.25) is 9.63 Å². The fraction of sp³-hybridized carbons (Fsp3) is 0.188. The summed E-state index contributed by atoms with van der Waals surface area (Å²) in [7, 11) is 1.42. The van der Waals surface area contributed by atoms with Gasteiger partial charge in [0.05, 0.1) is 18.4 Å². The van der Waals surface area contributed by atoms with Crippen molar-refractivity contribution in [2.24, 2.45) is 0 Å². The molecule has 2 aromatic rings. The van der Waals surface area contributed by atoms with E-state index in [0.717, 1.165) is 16.9 Å². The number of nitrogens with one attached hydrogen (secondary N) is 2. The Morgan fingerprint density at radius 2 is 1.70 bits per heavy atom. The molecular weight excluding hydrogens is 252 g/mol. The van der Waals surface area contributed by atoms with E-state index in [9.17, 15) is 4.79 Å². The summed E-state index contributed by atoms with van der Waals surface area (Å²) in [4.78, 5) is 16.6. The van der Waals surface area contributed by atoms with Crippen molar-refractivity contribution in [3.05, 3.63) is 59.2 Å². The van der Waals surface area contributed by atoms with Gasteiger partial charge in [0.15, 0.2) is 0 Å². The second-order valence-electron chi connectivity index (χ2n) is 4.55. The van der Waals surface area contributed by atoms with E-state index >= 15 is 0 Å². The van der Waals surface area contributed by atoms with Crippen LogP contribution in [0.2, 0.25) is 0 Å². The van der Waals surface area contributed by atoms with E-state index in [0.29, 0.717) is 5.56 Å². The van der Waals surface area contributed by atoms with Crippen LogP contribution >= 0.6 is 0 Å². The highest BCUT2D eigenvalue weighted by atomic mass is 16.6. The lowest BCUT2D eigenvalue weighted by atomic mass is 10.1. The monoisotopic (exact) mass is 270 g/mol. The average molecular weight is 270 g/mol. The van der Waals surface area contributed by atoms with Crippen molar-refractivity contribution in [2.75, 3.05) is 12.4 Å². The van der Waals surface area contributed by atoms with Crippen molar-refractivity contribution in [3.8, 4) is 0 Å². The largest absolute Gasteiger partial charge is 0.355 e. The third-order valence-corrected chi connectivity index (χ3v) is 3.24. The zero-order valence-corrected chi connectivity index (χ0v) is 11.9. The van der Waals surface area contributed by atoms with Crippen molar-refractivity contribution < 1.29 is 9.63 Å². The molecule has 0 unspecified atom stereocenters. The number of benzene rings is 2. The molecule has 0 atom stereocenters. The Balaban J connectivity index is 2.34. The smallest absolute Gasteiger partial charge is 0.276 e. The molecule has 0 saturated carbocycles. The number of rotatable bonds is 4. The van der Waals surface area contributed by atoms with Gasteiger partial charge in [-0.1, -0.05) is 24.3 Å². The Morgan fingerprint density at radius 1 is 1.00 bits per heavy atom. The van der Waals surface area contributed by atoms with E-state index in [1.165, 1.54) is 12.7 Å². The van der Waals surface area contributed by atoms with E-state index in [1.54, 1.807) is 6.07 Å². The van der Waals surface area contributed by atoms with Gasteiger partial charge in [0.2, 0.25) is 0 Å². The standard InChI is InChI=1S/C16H18N2O2/c1-11-7-6-10-14(12(11)2)17-15-9-5-4-8-13(15)16(19)18-20-3/h4-10,17H,1-3H3,(H,18,19). The Morgan fingerprint density at radius 3 is 2.45 bits per heavy atom. The van der Waals surface area contributed by atoms with Gasteiger partial charge >= 0.3 is 0 Å². The summed E-state index contributed by atoms with van der Waals surface area (Å²) in [6, 6.07) is 13.4. The van der Waals surface area contributed by atoms with Crippen LogP contribution in [0.15, 0.2) is 42.5 Å². The van der Waals surface area contributed by atoms with Crippen molar-refractivity contribution in [3.63, 3.8) is 0 Å². The molecule has 0 saturated heterocycles. The number of hydroxylamine groups is 1. The Hall–Kier alpha value is -2.33. The predicted molar refractivity (Wildman–Crippen MR) is 80.1 cm³/mol. The number of para-hydroxylation sites is 1. The number of hydrogen-bond donors (Lipinski definition) is 2. The zero-order valence-electron chi connectivity index (χ0n) is 11.9. The van der Waals surface area contributed by atoms with Crippen LogP contribution in [-0.4, -0.2) is 13.0 Å². The van der Waals surface area contributed by atoms with E-state index < -0.39 is 0 Å². The van der Waals surface area contributed by atoms with Gasteiger partial charge in [0.1, 0.15) is 0 Å². The number of carbonyl (C=O) groups excluding carboxylic acids is 1. The van der Waals surface area contributed by atoms with Crippen molar-refractivity contribution >= 4 is 17.3 Å².